The topological polar surface area (TPSA) is 15.3 Å². The van der Waals surface area contributed by atoms with Crippen molar-refractivity contribution < 1.29 is 0 Å². The molecule has 0 aliphatic carbocycles. The molecular weight excluding hydrogens is 124 g/mol. The van der Waals surface area contributed by atoms with Crippen LogP contribution in [0.15, 0.2) is 12.2 Å². The summed E-state index contributed by atoms with van der Waals surface area (Å²) in [7, 11) is 0. The summed E-state index contributed by atoms with van der Waals surface area (Å²) in [6.07, 6.45) is 5.62. The molecule has 0 amide bonds. The van der Waals surface area contributed by atoms with Crippen molar-refractivity contribution in [1.82, 2.24) is 10.2 Å². The summed E-state index contributed by atoms with van der Waals surface area (Å²) in [4.78, 5) is 2.40. The van der Waals surface area contributed by atoms with Crippen LogP contribution >= 0.6 is 0 Å². The number of rotatable bonds is 3. The smallest absolute Gasteiger partial charge is 0.0484 e. The van der Waals surface area contributed by atoms with E-state index in [1.54, 1.807) is 0 Å². The average Bonchev–Trinajstić information content (AvgIpc) is 2.41. The molecular formula is C8H16N2. The minimum absolute atomic E-state index is 1.06. The first kappa shape index (κ1) is 7.76. The maximum Gasteiger partial charge on any atom is 0.0484 e. The minimum Gasteiger partial charge on any atom is -0.303 e. The molecule has 1 rings (SSSR count). The Hall–Kier alpha value is -0.340. The molecule has 2 nitrogen and oxygen atoms in total. The number of nitrogens with zero attached hydrogens (tertiary/aromatic N) is 1. The molecule has 0 bridgehead atoms. The molecule has 10 heavy (non-hydrogen) atoms. The lowest BCUT2D eigenvalue weighted by atomic mass is 10.4. The first-order valence-electron chi connectivity index (χ1n) is 4.01. The Morgan fingerprint density at radius 3 is 3.00 bits per heavy atom. The summed E-state index contributed by atoms with van der Waals surface area (Å²) in [5.41, 5.74) is 0. The highest BCUT2D eigenvalue weighted by molar-refractivity contribution is 4.84. The molecule has 1 saturated heterocycles. The van der Waals surface area contributed by atoms with Crippen molar-refractivity contribution in [2.24, 2.45) is 0 Å². The van der Waals surface area contributed by atoms with Gasteiger partial charge in [-0.15, -0.1) is 0 Å². The summed E-state index contributed by atoms with van der Waals surface area (Å²) in [6.45, 7) is 6.70. The van der Waals surface area contributed by atoms with Crippen molar-refractivity contribution in [3.63, 3.8) is 0 Å². The Balaban J connectivity index is 2.06. The van der Waals surface area contributed by atoms with Gasteiger partial charge in [0, 0.05) is 26.3 Å². The molecule has 0 saturated carbocycles. The van der Waals surface area contributed by atoms with Gasteiger partial charge in [0.25, 0.3) is 0 Å². The van der Waals surface area contributed by atoms with Crippen LogP contribution in [-0.2, 0) is 0 Å². The highest BCUT2D eigenvalue weighted by Crippen LogP contribution is 1.92. The third-order valence-corrected chi connectivity index (χ3v) is 1.71. The standard InChI is InChI=1S/C8H16N2/c1-2-3-4-6-10-7-5-9-8-10/h3-4,9H,2,5-8H2,1H3/b4-3+. The van der Waals surface area contributed by atoms with E-state index in [0.717, 1.165) is 26.2 Å². The van der Waals surface area contributed by atoms with Crippen LogP contribution in [0.2, 0.25) is 0 Å². The quantitative estimate of drug-likeness (QED) is 0.584. The van der Waals surface area contributed by atoms with E-state index in [9.17, 15) is 0 Å². The first-order valence-corrected chi connectivity index (χ1v) is 4.01. The fourth-order valence-corrected chi connectivity index (χ4v) is 1.10. The fraction of sp³-hybridized carbons (Fsp3) is 0.750. The predicted molar refractivity (Wildman–Crippen MR) is 43.9 cm³/mol. The molecule has 0 atom stereocenters. The summed E-state index contributed by atoms with van der Waals surface area (Å²) >= 11 is 0. The average molecular weight is 140 g/mol. The molecule has 1 aliphatic rings. The van der Waals surface area contributed by atoms with Gasteiger partial charge in [-0.1, -0.05) is 19.1 Å². The van der Waals surface area contributed by atoms with E-state index in [1.807, 2.05) is 0 Å². The van der Waals surface area contributed by atoms with Crippen molar-refractivity contribution in [3.05, 3.63) is 12.2 Å². The molecule has 0 unspecified atom stereocenters. The van der Waals surface area contributed by atoms with Gasteiger partial charge in [-0.25, -0.2) is 0 Å². The van der Waals surface area contributed by atoms with Crippen molar-refractivity contribution in [2.45, 2.75) is 13.3 Å². The normalized spacial score (nSPS) is 20.9. The van der Waals surface area contributed by atoms with Crippen LogP contribution in [0.1, 0.15) is 13.3 Å². The lowest BCUT2D eigenvalue weighted by Crippen LogP contribution is -2.21. The van der Waals surface area contributed by atoms with E-state index in [-0.39, 0.29) is 0 Å². The second-order valence-corrected chi connectivity index (χ2v) is 2.61. The molecule has 1 aliphatic heterocycles. The van der Waals surface area contributed by atoms with Crippen LogP contribution in [0.5, 0.6) is 0 Å². The fourth-order valence-electron chi connectivity index (χ4n) is 1.10. The van der Waals surface area contributed by atoms with E-state index < -0.39 is 0 Å². The zero-order chi connectivity index (χ0) is 7.23. The third kappa shape index (κ3) is 2.50. The number of hydrogen-bond donors (Lipinski definition) is 1. The summed E-state index contributed by atoms with van der Waals surface area (Å²) in [5.74, 6) is 0. The van der Waals surface area contributed by atoms with Gasteiger partial charge in [0.05, 0.1) is 0 Å². The Morgan fingerprint density at radius 1 is 1.50 bits per heavy atom. The van der Waals surface area contributed by atoms with Crippen LogP contribution in [0.25, 0.3) is 0 Å². The van der Waals surface area contributed by atoms with Gasteiger partial charge >= 0.3 is 0 Å². The Kier molecular flexibility index (Phi) is 3.47. The van der Waals surface area contributed by atoms with Crippen LogP contribution in [0.3, 0.4) is 0 Å². The number of nitrogens with one attached hydrogen (secondary N) is 1. The van der Waals surface area contributed by atoms with Crippen LogP contribution < -0.4 is 5.32 Å². The molecule has 0 aromatic heterocycles. The summed E-state index contributed by atoms with van der Waals surface area (Å²) < 4.78 is 0. The van der Waals surface area contributed by atoms with E-state index in [2.05, 4.69) is 29.3 Å². The predicted octanol–water partition coefficient (Wildman–Crippen LogP) is 0.815. The second-order valence-electron chi connectivity index (χ2n) is 2.61. The lowest BCUT2D eigenvalue weighted by molar-refractivity contribution is 0.372. The Labute approximate surface area is 62.9 Å². The lowest BCUT2D eigenvalue weighted by Gasteiger charge is -2.08. The van der Waals surface area contributed by atoms with E-state index in [0.29, 0.717) is 0 Å². The maximum atomic E-state index is 3.29. The first-order chi connectivity index (χ1) is 4.93. The van der Waals surface area contributed by atoms with Gasteiger partial charge in [-0.05, 0) is 6.42 Å². The zero-order valence-corrected chi connectivity index (χ0v) is 6.64. The molecule has 58 valence electrons. The Morgan fingerprint density at radius 2 is 2.40 bits per heavy atom. The molecule has 2 heteroatoms. The molecule has 1 N–H and O–H groups in total. The minimum atomic E-state index is 1.06. The van der Waals surface area contributed by atoms with Gasteiger partial charge in [0.2, 0.25) is 0 Å². The Bertz CT molecular complexity index is 104. The van der Waals surface area contributed by atoms with E-state index >= 15 is 0 Å². The second kappa shape index (κ2) is 4.47. The van der Waals surface area contributed by atoms with Gasteiger partial charge in [-0.2, -0.15) is 0 Å². The van der Waals surface area contributed by atoms with Gasteiger partial charge < -0.3 is 5.32 Å². The molecule has 1 heterocycles. The number of allylic oxidation sites excluding steroid dienone is 1. The van der Waals surface area contributed by atoms with E-state index in [4.69, 9.17) is 0 Å². The van der Waals surface area contributed by atoms with Gasteiger partial charge in [-0.3, -0.25) is 4.90 Å². The summed E-state index contributed by atoms with van der Waals surface area (Å²) in [6, 6.07) is 0. The third-order valence-electron chi connectivity index (χ3n) is 1.71. The molecule has 0 aromatic carbocycles. The van der Waals surface area contributed by atoms with Crippen molar-refractivity contribution >= 4 is 0 Å². The maximum absolute atomic E-state index is 3.29. The highest BCUT2D eigenvalue weighted by atomic mass is 15.3. The SMILES string of the molecule is CC/C=C/CN1CCNC1. The highest BCUT2D eigenvalue weighted by Gasteiger charge is 2.06. The van der Waals surface area contributed by atoms with E-state index in [1.165, 1.54) is 6.54 Å². The van der Waals surface area contributed by atoms with Gasteiger partial charge in [0.15, 0.2) is 0 Å². The van der Waals surface area contributed by atoms with Gasteiger partial charge in [0.1, 0.15) is 0 Å². The van der Waals surface area contributed by atoms with Crippen molar-refractivity contribution in [3.8, 4) is 0 Å². The largest absolute Gasteiger partial charge is 0.303 e. The van der Waals surface area contributed by atoms with Crippen LogP contribution in [-0.4, -0.2) is 31.2 Å². The van der Waals surface area contributed by atoms with Crippen LogP contribution in [0.4, 0.5) is 0 Å². The van der Waals surface area contributed by atoms with Crippen molar-refractivity contribution in [1.29, 1.82) is 0 Å². The zero-order valence-electron chi connectivity index (χ0n) is 6.64. The molecule has 0 aromatic rings. The number of hydrogen-bond acceptors (Lipinski definition) is 2. The molecule has 1 fully saturated rings. The summed E-state index contributed by atoms with van der Waals surface area (Å²) in [5, 5.41) is 3.29. The monoisotopic (exact) mass is 140 g/mol. The van der Waals surface area contributed by atoms with Crippen LogP contribution in [0, 0.1) is 0 Å². The molecule has 0 radical (unpaired) electrons. The molecule has 0 spiro atoms. The van der Waals surface area contributed by atoms with Crippen molar-refractivity contribution in [2.75, 3.05) is 26.3 Å².